The van der Waals surface area contributed by atoms with Gasteiger partial charge in [-0.05, 0) is 13.8 Å². The van der Waals surface area contributed by atoms with Crippen LogP contribution in [0, 0.1) is 0 Å². The lowest BCUT2D eigenvalue weighted by molar-refractivity contribution is 0.151. The third-order valence-electron chi connectivity index (χ3n) is 2.58. The normalized spacial score (nSPS) is 18.1. The van der Waals surface area contributed by atoms with E-state index in [9.17, 15) is 13.5 Å². The number of aliphatic hydroxyl groups excluding tert-OH is 1. The fourth-order valence-corrected chi connectivity index (χ4v) is 1.47. The Balaban J connectivity index is 2.96. The highest BCUT2D eigenvalue weighted by molar-refractivity contribution is 7.90. The minimum Gasteiger partial charge on any atom is -0.393 e. The van der Waals surface area contributed by atoms with Crippen LogP contribution in [0.25, 0.3) is 0 Å². The monoisotopic (exact) mass is 248 g/mol. The summed E-state index contributed by atoms with van der Waals surface area (Å²) in [7, 11) is -3.24. The second-order valence-corrected chi connectivity index (χ2v) is 6.36. The Morgan fingerprint density at radius 1 is 1.31 bits per heavy atom. The molecule has 0 aromatic carbocycles. The van der Waals surface area contributed by atoms with Crippen LogP contribution in [0.15, 0.2) is 4.52 Å². The molecule has 0 saturated heterocycles. The van der Waals surface area contributed by atoms with Crippen LogP contribution in [-0.4, -0.2) is 36.0 Å². The Hall–Kier alpha value is -0.950. The van der Waals surface area contributed by atoms with E-state index in [4.69, 9.17) is 4.52 Å². The van der Waals surface area contributed by atoms with Gasteiger partial charge in [-0.2, -0.15) is 4.98 Å². The summed E-state index contributed by atoms with van der Waals surface area (Å²) < 4.78 is 27.5. The van der Waals surface area contributed by atoms with Crippen LogP contribution in [0.4, 0.5) is 0 Å². The summed E-state index contributed by atoms with van der Waals surface area (Å²) in [6.07, 6.45) is 0.494. The lowest BCUT2D eigenvalue weighted by Crippen LogP contribution is -2.12. The molecule has 0 saturated carbocycles. The molecule has 0 aliphatic rings. The van der Waals surface area contributed by atoms with Gasteiger partial charge in [-0.1, -0.05) is 12.1 Å². The maximum atomic E-state index is 11.3. The molecule has 1 N–H and O–H groups in total. The van der Waals surface area contributed by atoms with Crippen molar-refractivity contribution < 1.29 is 18.0 Å². The Morgan fingerprint density at radius 3 is 2.31 bits per heavy atom. The SMILES string of the molecule is CC(O)C(C)c1nc(C(C)S(C)(=O)=O)no1. The van der Waals surface area contributed by atoms with E-state index in [2.05, 4.69) is 10.1 Å². The first-order valence-corrected chi connectivity index (χ1v) is 6.89. The number of aromatic nitrogens is 2. The molecule has 3 unspecified atom stereocenters. The molecular formula is C9H16N2O4S. The molecule has 0 radical (unpaired) electrons. The summed E-state index contributed by atoms with van der Waals surface area (Å²) in [5.41, 5.74) is 0. The fourth-order valence-electron chi connectivity index (χ4n) is 0.995. The van der Waals surface area contributed by atoms with Gasteiger partial charge in [0.2, 0.25) is 5.89 Å². The van der Waals surface area contributed by atoms with Crippen LogP contribution >= 0.6 is 0 Å². The lowest BCUT2D eigenvalue weighted by atomic mass is 10.1. The van der Waals surface area contributed by atoms with Crippen LogP contribution in [-0.2, 0) is 9.84 Å². The van der Waals surface area contributed by atoms with E-state index in [1.54, 1.807) is 13.8 Å². The van der Waals surface area contributed by atoms with Gasteiger partial charge < -0.3 is 9.63 Å². The van der Waals surface area contributed by atoms with Gasteiger partial charge in [0.15, 0.2) is 15.7 Å². The van der Waals surface area contributed by atoms with Gasteiger partial charge in [0.1, 0.15) is 5.25 Å². The molecule has 0 bridgehead atoms. The summed E-state index contributed by atoms with van der Waals surface area (Å²) in [6.45, 7) is 4.83. The van der Waals surface area contributed by atoms with Crippen molar-refractivity contribution in [3.63, 3.8) is 0 Å². The van der Waals surface area contributed by atoms with Crippen molar-refractivity contribution in [1.82, 2.24) is 10.1 Å². The maximum absolute atomic E-state index is 11.3. The predicted molar refractivity (Wildman–Crippen MR) is 57.7 cm³/mol. The molecule has 0 aliphatic heterocycles. The Labute approximate surface area is 94.6 Å². The number of hydrogen-bond donors (Lipinski definition) is 1. The predicted octanol–water partition coefficient (Wildman–Crippen LogP) is 0.659. The van der Waals surface area contributed by atoms with E-state index in [1.165, 1.54) is 6.92 Å². The number of nitrogens with zero attached hydrogens (tertiary/aromatic N) is 2. The van der Waals surface area contributed by atoms with E-state index in [0.717, 1.165) is 6.26 Å². The van der Waals surface area contributed by atoms with Gasteiger partial charge in [-0.15, -0.1) is 0 Å². The summed E-state index contributed by atoms with van der Waals surface area (Å²) in [5, 5.41) is 12.1. The molecule has 0 spiro atoms. The van der Waals surface area contributed by atoms with Crippen molar-refractivity contribution in [2.75, 3.05) is 6.26 Å². The quantitative estimate of drug-likeness (QED) is 0.841. The van der Waals surface area contributed by atoms with Crippen LogP contribution in [0.1, 0.15) is 43.7 Å². The number of sulfone groups is 1. The molecule has 16 heavy (non-hydrogen) atoms. The second kappa shape index (κ2) is 4.50. The van der Waals surface area contributed by atoms with Crippen molar-refractivity contribution in [3.8, 4) is 0 Å². The molecule has 6 nitrogen and oxygen atoms in total. The molecule has 7 heteroatoms. The standard InChI is InChI=1S/C9H16N2O4S/c1-5(6(2)12)9-10-8(11-15-9)7(3)16(4,13)14/h5-7,12H,1-4H3. The van der Waals surface area contributed by atoms with Crippen molar-refractivity contribution in [2.45, 2.75) is 38.0 Å². The summed E-state index contributed by atoms with van der Waals surface area (Å²) in [6, 6.07) is 0. The van der Waals surface area contributed by atoms with Gasteiger partial charge in [-0.3, -0.25) is 0 Å². The first-order valence-electron chi connectivity index (χ1n) is 4.94. The number of aliphatic hydroxyl groups is 1. The zero-order valence-corrected chi connectivity index (χ0v) is 10.5. The van der Waals surface area contributed by atoms with E-state index < -0.39 is 21.2 Å². The molecule has 1 rings (SSSR count). The zero-order valence-electron chi connectivity index (χ0n) is 9.71. The first kappa shape index (κ1) is 13.1. The smallest absolute Gasteiger partial charge is 0.232 e. The highest BCUT2D eigenvalue weighted by Gasteiger charge is 2.25. The zero-order chi connectivity index (χ0) is 12.5. The Morgan fingerprint density at radius 2 is 1.88 bits per heavy atom. The first-order chi connectivity index (χ1) is 7.23. The Bertz CT molecular complexity index is 452. The average Bonchev–Trinajstić information content (AvgIpc) is 2.62. The van der Waals surface area contributed by atoms with Gasteiger partial charge in [-0.25, -0.2) is 8.42 Å². The fraction of sp³-hybridized carbons (Fsp3) is 0.778. The third-order valence-corrected chi connectivity index (χ3v) is 4.07. The lowest BCUT2D eigenvalue weighted by Gasteiger charge is -2.08. The van der Waals surface area contributed by atoms with E-state index in [0.29, 0.717) is 0 Å². The molecule has 1 aromatic rings. The highest BCUT2D eigenvalue weighted by atomic mass is 32.2. The van der Waals surface area contributed by atoms with E-state index >= 15 is 0 Å². The minimum absolute atomic E-state index is 0.130. The molecule has 3 atom stereocenters. The highest BCUT2D eigenvalue weighted by Crippen LogP contribution is 2.22. The molecule has 0 aliphatic carbocycles. The minimum atomic E-state index is -3.24. The van der Waals surface area contributed by atoms with Crippen molar-refractivity contribution in [1.29, 1.82) is 0 Å². The molecule has 0 amide bonds. The van der Waals surface area contributed by atoms with Crippen LogP contribution in [0.3, 0.4) is 0 Å². The summed E-state index contributed by atoms with van der Waals surface area (Å²) in [5.74, 6) is 0.0681. The van der Waals surface area contributed by atoms with Gasteiger partial charge in [0, 0.05) is 6.26 Å². The molecule has 1 heterocycles. The Kier molecular flexibility index (Phi) is 3.69. The number of hydrogen-bond acceptors (Lipinski definition) is 6. The average molecular weight is 248 g/mol. The second-order valence-electron chi connectivity index (χ2n) is 3.99. The molecule has 1 aromatic heterocycles. The summed E-state index contributed by atoms with van der Waals surface area (Å²) >= 11 is 0. The largest absolute Gasteiger partial charge is 0.393 e. The van der Waals surface area contributed by atoms with Crippen molar-refractivity contribution >= 4 is 9.84 Å². The summed E-state index contributed by atoms with van der Waals surface area (Å²) in [4.78, 5) is 3.98. The van der Waals surface area contributed by atoms with Crippen LogP contribution < -0.4 is 0 Å². The van der Waals surface area contributed by atoms with Crippen molar-refractivity contribution in [2.24, 2.45) is 0 Å². The molecular weight excluding hydrogens is 232 g/mol. The molecule has 0 fully saturated rings. The van der Waals surface area contributed by atoms with Crippen LogP contribution in [0.2, 0.25) is 0 Å². The topological polar surface area (TPSA) is 93.3 Å². The molecule has 92 valence electrons. The van der Waals surface area contributed by atoms with Crippen molar-refractivity contribution in [3.05, 3.63) is 11.7 Å². The number of rotatable bonds is 4. The van der Waals surface area contributed by atoms with Gasteiger partial charge >= 0.3 is 0 Å². The van der Waals surface area contributed by atoms with Gasteiger partial charge in [0.25, 0.3) is 0 Å². The van der Waals surface area contributed by atoms with E-state index in [-0.39, 0.29) is 17.6 Å². The van der Waals surface area contributed by atoms with E-state index in [1.807, 2.05) is 0 Å². The maximum Gasteiger partial charge on any atom is 0.232 e. The van der Waals surface area contributed by atoms with Crippen LogP contribution in [0.5, 0.6) is 0 Å². The van der Waals surface area contributed by atoms with Gasteiger partial charge in [0.05, 0.1) is 12.0 Å². The third kappa shape index (κ3) is 2.79.